The van der Waals surface area contributed by atoms with Crippen LogP contribution in [0.25, 0.3) is 0 Å². The number of hydrogen-bond donors (Lipinski definition) is 8. The average Bonchev–Trinajstić information content (AvgIpc) is 3.24. The van der Waals surface area contributed by atoms with Crippen molar-refractivity contribution in [1.29, 1.82) is 0 Å². The standard InChI is InChI=1S/C51H101NO8/c1-3-5-7-9-11-13-15-17-18-19-20-21-22-23-24-25-26-27-29-30-32-34-36-38-44(54)42(40-52-46-48(57)43(41-53)49(58)51(60)50(46)59)47(56)45(55)39-37-35-33-31-28-16-14-12-10-8-6-4-2/h42-43,45-53,55-60H,3-41H2,1-2H3/t42-,43+,45-,46+,47+,48-,49+,50+,51+/m1/s1. The fourth-order valence-corrected chi connectivity index (χ4v) is 9.39. The molecule has 60 heavy (non-hydrogen) atoms. The zero-order valence-electron chi connectivity index (χ0n) is 39.3. The van der Waals surface area contributed by atoms with Crippen molar-refractivity contribution in [2.75, 3.05) is 13.2 Å². The molecule has 0 heterocycles. The monoisotopic (exact) mass is 856 g/mol. The number of nitrogens with one attached hydrogen (secondary N) is 1. The van der Waals surface area contributed by atoms with Crippen LogP contribution in [0.1, 0.15) is 251 Å². The third kappa shape index (κ3) is 27.5. The minimum atomic E-state index is -1.59. The zero-order valence-corrected chi connectivity index (χ0v) is 39.3. The van der Waals surface area contributed by atoms with Crippen molar-refractivity contribution in [1.82, 2.24) is 5.32 Å². The normalized spacial score (nSPS) is 22.3. The zero-order chi connectivity index (χ0) is 44.1. The van der Waals surface area contributed by atoms with E-state index in [4.69, 9.17) is 0 Å². The minimum Gasteiger partial charge on any atom is -0.396 e. The van der Waals surface area contributed by atoms with Gasteiger partial charge in [0, 0.05) is 18.9 Å². The molecule has 9 nitrogen and oxygen atoms in total. The molecule has 1 aliphatic rings. The van der Waals surface area contributed by atoms with E-state index in [1.165, 1.54) is 180 Å². The van der Waals surface area contributed by atoms with Crippen molar-refractivity contribution in [2.45, 2.75) is 294 Å². The first-order valence-corrected chi connectivity index (χ1v) is 26.2. The van der Waals surface area contributed by atoms with Gasteiger partial charge in [-0.2, -0.15) is 0 Å². The van der Waals surface area contributed by atoms with Gasteiger partial charge in [-0.05, 0) is 12.8 Å². The molecule has 8 N–H and O–H groups in total. The summed E-state index contributed by atoms with van der Waals surface area (Å²) in [5, 5.41) is 77.1. The van der Waals surface area contributed by atoms with Crippen molar-refractivity contribution >= 4 is 5.78 Å². The van der Waals surface area contributed by atoms with E-state index in [0.29, 0.717) is 12.8 Å². The predicted molar refractivity (Wildman–Crippen MR) is 249 cm³/mol. The second kappa shape index (κ2) is 39.9. The average molecular weight is 856 g/mol. The highest BCUT2D eigenvalue weighted by Crippen LogP contribution is 2.27. The van der Waals surface area contributed by atoms with Crippen molar-refractivity contribution < 1.29 is 40.5 Å². The van der Waals surface area contributed by atoms with Crippen LogP contribution in [0.5, 0.6) is 0 Å². The minimum absolute atomic E-state index is 0.116. The van der Waals surface area contributed by atoms with Crippen LogP contribution in [0, 0.1) is 11.8 Å². The lowest BCUT2D eigenvalue weighted by molar-refractivity contribution is -0.174. The molecule has 0 saturated heterocycles. The molecule has 9 atom stereocenters. The Morgan fingerprint density at radius 1 is 0.450 bits per heavy atom. The summed E-state index contributed by atoms with van der Waals surface area (Å²) < 4.78 is 0. The summed E-state index contributed by atoms with van der Waals surface area (Å²) in [7, 11) is 0. The van der Waals surface area contributed by atoms with Crippen LogP contribution in [0.3, 0.4) is 0 Å². The second-order valence-electron chi connectivity index (χ2n) is 19.1. The van der Waals surface area contributed by atoms with E-state index < -0.39 is 61.1 Å². The van der Waals surface area contributed by atoms with Crippen LogP contribution in [-0.2, 0) is 4.79 Å². The molecule has 1 aliphatic carbocycles. The molecule has 0 bridgehead atoms. The smallest absolute Gasteiger partial charge is 0.139 e. The summed E-state index contributed by atoms with van der Waals surface area (Å²) in [5.41, 5.74) is 0. The number of aliphatic hydroxyl groups is 7. The fourth-order valence-electron chi connectivity index (χ4n) is 9.39. The van der Waals surface area contributed by atoms with Gasteiger partial charge in [0.1, 0.15) is 18.0 Å². The molecule has 1 saturated carbocycles. The van der Waals surface area contributed by atoms with Crippen LogP contribution in [0.4, 0.5) is 0 Å². The van der Waals surface area contributed by atoms with Crippen molar-refractivity contribution in [3.05, 3.63) is 0 Å². The molecule has 0 radical (unpaired) electrons. The first-order chi connectivity index (χ1) is 29.2. The van der Waals surface area contributed by atoms with Crippen LogP contribution in [-0.4, -0.2) is 97.3 Å². The number of ketones is 1. The molecular formula is C51H101NO8. The van der Waals surface area contributed by atoms with E-state index in [1.807, 2.05) is 0 Å². The summed E-state index contributed by atoms with van der Waals surface area (Å²) in [6.45, 7) is 3.81. The highest BCUT2D eigenvalue weighted by Gasteiger charge is 2.48. The molecule has 1 rings (SSSR count). The van der Waals surface area contributed by atoms with Crippen molar-refractivity contribution in [3.8, 4) is 0 Å². The lowest BCUT2D eigenvalue weighted by Crippen LogP contribution is -2.66. The number of aliphatic hydroxyl groups excluding tert-OH is 7. The summed E-state index contributed by atoms with van der Waals surface area (Å²) in [6, 6.07) is -1.13. The Hall–Kier alpha value is -0.650. The van der Waals surface area contributed by atoms with Gasteiger partial charge in [-0.25, -0.2) is 0 Å². The Balaban J connectivity index is 2.33. The SMILES string of the molecule is CCCCCCCCCCCCCCCCCCCCCCCCCC(=O)[C@@H](CN[C@@H]1[C@H](O)[C@@H](O)[C@@H](O)[C@@H](CO)[C@H]1O)[C@H](O)[C@H](O)CCCCCCCCCCCCCC. The van der Waals surface area contributed by atoms with Gasteiger partial charge in [0.25, 0.3) is 0 Å². The quantitative estimate of drug-likeness (QED) is 0.0278. The Morgan fingerprint density at radius 3 is 1.13 bits per heavy atom. The number of Topliss-reactive ketones (excluding diaryl/α,β-unsaturated/α-hetero) is 1. The number of hydrogen-bond acceptors (Lipinski definition) is 9. The highest BCUT2D eigenvalue weighted by atomic mass is 16.4. The molecule has 0 aromatic carbocycles. The number of carbonyl (C=O) groups excluding carboxylic acids is 1. The maximum Gasteiger partial charge on any atom is 0.139 e. The first-order valence-electron chi connectivity index (χ1n) is 26.2. The molecule has 0 amide bonds. The molecule has 0 aromatic rings. The molecule has 358 valence electrons. The molecule has 0 spiro atoms. The van der Waals surface area contributed by atoms with Gasteiger partial charge in [0.05, 0.1) is 43.0 Å². The second-order valence-corrected chi connectivity index (χ2v) is 19.1. The maximum absolute atomic E-state index is 13.6. The number of rotatable bonds is 44. The third-order valence-corrected chi connectivity index (χ3v) is 13.7. The van der Waals surface area contributed by atoms with Gasteiger partial charge >= 0.3 is 0 Å². The van der Waals surface area contributed by atoms with E-state index in [2.05, 4.69) is 19.2 Å². The van der Waals surface area contributed by atoms with Gasteiger partial charge in [-0.15, -0.1) is 0 Å². The molecule has 0 aromatic heterocycles. The van der Waals surface area contributed by atoms with E-state index in [9.17, 15) is 40.5 Å². The Morgan fingerprint density at radius 2 is 0.783 bits per heavy atom. The fraction of sp³-hybridized carbons (Fsp3) is 0.980. The Kier molecular flexibility index (Phi) is 38.2. The van der Waals surface area contributed by atoms with Crippen LogP contribution in [0.15, 0.2) is 0 Å². The largest absolute Gasteiger partial charge is 0.396 e. The van der Waals surface area contributed by atoms with Gasteiger partial charge in [-0.1, -0.05) is 232 Å². The summed E-state index contributed by atoms with van der Waals surface area (Å²) in [6.07, 6.45) is 36.5. The van der Waals surface area contributed by atoms with Crippen molar-refractivity contribution in [2.24, 2.45) is 11.8 Å². The lowest BCUT2D eigenvalue weighted by Gasteiger charge is -2.44. The van der Waals surface area contributed by atoms with Gasteiger partial charge in [0.2, 0.25) is 0 Å². The van der Waals surface area contributed by atoms with Gasteiger partial charge < -0.3 is 41.1 Å². The third-order valence-electron chi connectivity index (χ3n) is 13.7. The molecule has 0 unspecified atom stereocenters. The molecular weight excluding hydrogens is 755 g/mol. The van der Waals surface area contributed by atoms with Crippen LogP contribution < -0.4 is 5.32 Å². The summed E-state index contributed by atoms with van der Waals surface area (Å²) in [4.78, 5) is 13.6. The van der Waals surface area contributed by atoms with Crippen LogP contribution >= 0.6 is 0 Å². The van der Waals surface area contributed by atoms with E-state index >= 15 is 0 Å². The van der Waals surface area contributed by atoms with Gasteiger partial charge in [0.15, 0.2) is 0 Å². The maximum atomic E-state index is 13.6. The topological polar surface area (TPSA) is 171 Å². The summed E-state index contributed by atoms with van der Waals surface area (Å²) >= 11 is 0. The van der Waals surface area contributed by atoms with E-state index in [1.54, 1.807) is 0 Å². The summed E-state index contributed by atoms with van der Waals surface area (Å²) in [5.74, 6) is -2.22. The molecule has 9 heteroatoms. The molecule has 0 aliphatic heterocycles. The Labute approximate surface area is 369 Å². The van der Waals surface area contributed by atoms with Crippen LogP contribution in [0.2, 0.25) is 0 Å². The first kappa shape index (κ1) is 57.4. The Bertz CT molecular complexity index is 941. The van der Waals surface area contributed by atoms with E-state index in [-0.39, 0.29) is 18.7 Å². The number of carbonyl (C=O) groups is 1. The number of unbranched alkanes of at least 4 members (excludes halogenated alkanes) is 33. The molecule has 1 fully saturated rings. The van der Waals surface area contributed by atoms with E-state index in [0.717, 1.165) is 38.5 Å². The van der Waals surface area contributed by atoms with Crippen molar-refractivity contribution in [3.63, 3.8) is 0 Å². The van der Waals surface area contributed by atoms with Gasteiger partial charge in [-0.3, -0.25) is 4.79 Å². The highest BCUT2D eigenvalue weighted by molar-refractivity contribution is 5.81. The lowest BCUT2D eigenvalue weighted by atomic mass is 9.77. The predicted octanol–water partition coefficient (Wildman–Crippen LogP) is 10.4.